The molecule has 1 saturated heterocycles. The maximum atomic E-state index is 12.8. The number of halogens is 1. The van der Waals surface area contributed by atoms with E-state index in [4.69, 9.17) is 5.11 Å². The monoisotopic (exact) mass is 420 g/mol. The number of aromatic nitrogens is 2. The molecule has 2 aromatic rings. The number of H-pyrrole nitrogens is 1. The Bertz CT molecular complexity index is 805. The molecular weight excluding hydrogens is 400 g/mol. The number of benzene rings is 1. The van der Waals surface area contributed by atoms with Crippen molar-refractivity contribution >= 4 is 27.9 Å². The third kappa shape index (κ3) is 3.60. The van der Waals surface area contributed by atoms with E-state index in [0.29, 0.717) is 6.54 Å². The van der Waals surface area contributed by atoms with Crippen LogP contribution < -0.4 is 0 Å². The van der Waals surface area contributed by atoms with Crippen molar-refractivity contribution in [1.29, 1.82) is 0 Å². The fourth-order valence-electron chi connectivity index (χ4n) is 3.17. The molecule has 138 valence electrons. The summed E-state index contributed by atoms with van der Waals surface area (Å²) in [6.45, 7) is 2.22. The van der Waals surface area contributed by atoms with Gasteiger partial charge in [0, 0.05) is 18.1 Å². The van der Waals surface area contributed by atoms with Gasteiger partial charge in [0.05, 0.1) is 17.9 Å². The minimum Gasteiger partial charge on any atom is -0.465 e. The molecule has 2 amide bonds. The molecule has 2 N–H and O–H groups in total. The predicted octanol–water partition coefficient (Wildman–Crippen LogP) is 3.50. The number of hydrogen-bond donors (Lipinski definition) is 2. The number of likely N-dealkylation sites (N-methyl/N-ethyl adjacent to an activating group) is 1. The normalized spacial score (nSPS) is 18.0. The zero-order valence-corrected chi connectivity index (χ0v) is 16.2. The summed E-state index contributed by atoms with van der Waals surface area (Å²) in [6.07, 6.45) is 2.33. The van der Waals surface area contributed by atoms with Crippen LogP contribution in [-0.4, -0.2) is 56.5 Å². The highest BCUT2D eigenvalue weighted by molar-refractivity contribution is 9.10. The number of carbonyl (C=O) groups excluding carboxylic acids is 1. The maximum Gasteiger partial charge on any atom is 0.407 e. The van der Waals surface area contributed by atoms with Crippen molar-refractivity contribution in [3.05, 3.63) is 40.8 Å². The molecule has 2 atom stereocenters. The van der Waals surface area contributed by atoms with Crippen molar-refractivity contribution in [3.8, 4) is 11.3 Å². The quantitative estimate of drug-likeness (QED) is 0.791. The first-order chi connectivity index (χ1) is 12.4. The van der Waals surface area contributed by atoms with Crippen LogP contribution in [0.25, 0.3) is 11.3 Å². The van der Waals surface area contributed by atoms with E-state index in [-0.39, 0.29) is 11.9 Å². The largest absolute Gasteiger partial charge is 0.465 e. The van der Waals surface area contributed by atoms with E-state index in [0.717, 1.165) is 39.3 Å². The fraction of sp³-hybridized carbons (Fsp3) is 0.389. The minimum atomic E-state index is -1.11. The number of carboxylic acid groups (broad SMARTS) is 1. The Morgan fingerprint density at radius 1 is 1.38 bits per heavy atom. The van der Waals surface area contributed by atoms with Gasteiger partial charge in [0.15, 0.2) is 0 Å². The van der Waals surface area contributed by atoms with Gasteiger partial charge in [-0.1, -0.05) is 28.1 Å². The third-order valence-electron chi connectivity index (χ3n) is 4.84. The van der Waals surface area contributed by atoms with Gasteiger partial charge in [-0.15, -0.1) is 0 Å². The molecule has 2 unspecified atom stereocenters. The first-order valence-corrected chi connectivity index (χ1v) is 9.25. The van der Waals surface area contributed by atoms with Crippen molar-refractivity contribution in [2.75, 3.05) is 13.6 Å². The lowest BCUT2D eigenvalue weighted by Crippen LogP contribution is -2.47. The molecule has 0 aliphatic carbocycles. The molecule has 1 aromatic carbocycles. The van der Waals surface area contributed by atoms with Crippen LogP contribution in [0.2, 0.25) is 0 Å². The summed E-state index contributed by atoms with van der Waals surface area (Å²) < 4.78 is 1.00. The molecule has 0 bridgehead atoms. The Kier molecular flexibility index (Phi) is 5.31. The van der Waals surface area contributed by atoms with E-state index in [1.807, 2.05) is 24.3 Å². The number of imidazole rings is 1. The SMILES string of the molecule is CC(C(=O)N1CCCC1c1ncc(-c2ccc(Br)cc2)[nH]1)N(C)C(=O)O. The van der Waals surface area contributed by atoms with Crippen LogP contribution in [0.1, 0.15) is 31.6 Å². The lowest BCUT2D eigenvalue weighted by atomic mass is 10.1. The standard InChI is InChI=1S/C18H21BrN4O3/c1-11(22(2)18(25)26)17(24)23-9-3-4-15(23)16-20-10-14(21-16)12-5-7-13(19)8-6-12/h5-8,10-11,15H,3-4,9H2,1-2H3,(H,20,21)(H,25,26). The molecular formula is C18H21BrN4O3. The molecule has 1 fully saturated rings. The van der Waals surface area contributed by atoms with Crippen LogP contribution in [0.4, 0.5) is 4.79 Å². The highest BCUT2D eigenvalue weighted by Gasteiger charge is 2.36. The zero-order valence-electron chi connectivity index (χ0n) is 14.6. The molecule has 3 rings (SSSR count). The van der Waals surface area contributed by atoms with E-state index in [9.17, 15) is 9.59 Å². The smallest absolute Gasteiger partial charge is 0.407 e. The van der Waals surface area contributed by atoms with Gasteiger partial charge in [0.2, 0.25) is 5.91 Å². The molecule has 7 nitrogen and oxygen atoms in total. The Morgan fingerprint density at radius 3 is 2.73 bits per heavy atom. The Labute approximate surface area is 160 Å². The first-order valence-electron chi connectivity index (χ1n) is 8.45. The number of hydrogen-bond acceptors (Lipinski definition) is 3. The topological polar surface area (TPSA) is 89.5 Å². The number of carbonyl (C=O) groups is 2. The average molecular weight is 421 g/mol. The molecule has 0 saturated carbocycles. The summed E-state index contributed by atoms with van der Waals surface area (Å²) in [5.74, 6) is 0.540. The highest BCUT2D eigenvalue weighted by Crippen LogP contribution is 2.32. The molecule has 0 radical (unpaired) electrons. The zero-order chi connectivity index (χ0) is 18.8. The number of aromatic amines is 1. The highest BCUT2D eigenvalue weighted by atomic mass is 79.9. The third-order valence-corrected chi connectivity index (χ3v) is 5.37. The number of amides is 2. The van der Waals surface area contributed by atoms with E-state index >= 15 is 0 Å². The van der Waals surface area contributed by atoms with Gasteiger partial charge in [0.1, 0.15) is 11.9 Å². The van der Waals surface area contributed by atoms with Crippen LogP contribution in [0.3, 0.4) is 0 Å². The average Bonchev–Trinajstić information content (AvgIpc) is 3.29. The summed E-state index contributed by atoms with van der Waals surface area (Å²) in [6, 6.07) is 7.02. The van der Waals surface area contributed by atoms with E-state index < -0.39 is 12.1 Å². The number of nitrogens with one attached hydrogen (secondary N) is 1. The second-order valence-electron chi connectivity index (χ2n) is 6.45. The van der Waals surface area contributed by atoms with Crippen LogP contribution in [-0.2, 0) is 4.79 Å². The second kappa shape index (κ2) is 7.49. The lowest BCUT2D eigenvalue weighted by molar-refractivity contribution is -0.136. The molecule has 26 heavy (non-hydrogen) atoms. The van der Waals surface area contributed by atoms with Gasteiger partial charge in [0.25, 0.3) is 0 Å². The maximum absolute atomic E-state index is 12.8. The fourth-order valence-corrected chi connectivity index (χ4v) is 3.43. The van der Waals surface area contributed by atoms with Gasteiger partial charge >= 0.3 is 6.09 Å². The van der Waals surface area contributed by atoms with Gasteiger partial charge in [-0.2, -0.15) is 0 Å². The minimum absolute atomic E-state index is 0.156. The second-order valence-corrected chi connectivity index (χ2v) is 7.36. The van der Waals surface area contributed by atoms with Crippen LogP contribution >= 0.6 is 15.9 Å². The Balaban J connectivity index is 1.79. The van der Waals surface area contributed by atoms with E-state index in [1.54, 1.807) is 18.0 Å². The summed E-state index contributed by atoms with van der Waals surface area (Å²) >= 11 is 3.42. The molecule has 8 heteroatoms. The van der Waals surface area contributed by atoms with E-state index in [1.165, 1.54) is 7.05 Å². The van der Waals surface area contributed by atoms with Crippen LogP contribution in [0.15, 0.2) is 34.9 Å². The molecule has 2 heterocycles. The summed E-state index contributed by atoms with van der Waals surface area (Å²) in [4.78, 5) is 34.5. The van der Waals surface area contributed by atoms with Crippen LogP contribution in [0.5, 0.6) is 0 Å². The van der Waals surface area contributed by atoms with Crippen molar-refractivity contribution < 1.29 is 14.7 Å². The van der Waals surface area contributed by atoms with Crippen molar-refractivity contribution in [1.82, 2.24) is 19.8 Å². The van der Waals surface area contributed by atoms with Crippen LogP contribution in [0, 0.1) is 0 Å². The summed E-state index contributed by atoms with van der Waals surface area (Å²) in [5, 5.41) is 9.11. The number of likely N-dealkylation sites (tertiary alicyclic amines) is 1. The summed E-state index contributed by atoms with van der Waals surface area (Å²) in [5.41, 5.74) is 1.91. The number of rotatable bonds is 4. The summed E-state index contributed by atoms with van der Waals surface area (Å²) in [7, 11) is 1.41. The Hall–Kier alpha value is -2.35. The Morgan fingerprint density at radius 2 is 2.08 bits per heavy atom. The van der Waals surface area contributed by atoms with E-state index in [2.05, 4.69) is 25.9 Å². The predicted molar refractivity (Wildman–Crippen MR) is 101 cm³/mol. The van der Waals surface area contributed by atoms with Gasteiger partial charge in [-0.3, -0.25) is 9.69 Å². The molecule has 1 aliphatic rings. The number of nitrogens with zero attached hydrogens (tertiary/aromatic N) is 3. The van der Waals surface area contributed by atoms with Crippen molar-refractivity contribution in [3.63, 3.8) is 0 Å². The van der Waals surface area contributed by atoms with Gasteiger partial charge in [-0.05, 0) is 37.5 Å². The van der Waals surface area contributed by atoms with Crippen molar-refractivity contribution in [2.45, 2.75) is 31.8 Å². The first kappa shape index (κ1) is 18.4. The molecule has 1 aliphatic heterocycles. The van der Waals surface area contributed by atoms with Gasteiger partial charge < -0.3 is 15.0 Å². The lowest BCUT2D eigenvalue weighted by Gasteiger charge is -2.29. The molecule has 1 aromatic heterocycles. The van der Waals surface area contributed by atoms with Crippen molar-refractivity contribution in [2.24, 2.45) is 0 Å². The van der Waals surface area contributed by atoms with Gasteiger partial charge in [-0.25, -0.2) is 9.78 Å². The molecule has 0 spiro atoms.